The van der Waals surface area contributed by atoms with Crippen molar-refractivity contribution < 1.29 is 19.1 Å². The predicted molar refractivity (Wildman–Crippen MR) is 49.3 cm³/mol. The van der Waals surface area contributed by atoms with Gasteiger partial charge in [0.1, 0.15) is 0 Å². The molecule has 0 aliphatic heterocycles. The number of ether oxygens (including phenoxy) is 1. The van der Waals surface area contributed by atoms with Crippen molar-refractivity contribution in [2.45, 2.75) is 39.7 Å². The molecule has 0 aliphatic carbocycles. The molecule has 0 radical (unpaired) electrons. The van der Waals surface area contributed by atoms with E-state index in [2.05, 4.69) is 5.32 Å². The highest BCUT2D eigenvalue weighted by atomic mass is 16.6. The van der Waals surface area contributed by atoms with Gasteiger partial charge in [-0.1, -0.05) is 6.92 Å². The number of amides is 2. The Kier molecular flexibility index (Phi) is 4.27. The molecule has 0 spiro atoms. The topological polar surface area (TPSA) is 72.5 Å². The molecule has 80 valence electrons. The van der Waals surface area contributed by atoms with Gasteiger partial charge in [-0.3, -0.25) is 19.7 Å². The second-order valence-corrected chi connectivity index (χ2v) is 3.19. The highest BCUT2D eigenvalue weighted by Gasteiger charge is 2.35. The fraction of sp³-hybridized carbons (Fsp3) is 0.667. The van der Waals surface area contributed by atoms with E-state index in [9.17, 15) is 14.4 Å². The van der Waals surface area contributed by atoms with E-state index in [0.29, 0.717) is 6.42 Å². The number of hydrogen-bond acceptors (Lipinski definition) is 4. The molecule has 0 aliphatic rings. The van der Waals surface area contributed by atoms with Gasteiger partial charge in [0.25, 0.3) is 5.91 Å². The molecule has 0 fully saturated rings. The van der Waals surface area contributed by atoms with Gasteiger partial charge in [-0.2, -0.15) is 0 Å². The van der Waals surface area contributed by atoms with Crippen LogP contribution in [0.2, 0.25) is 0 Å². The van der Waals surface area contributed by atoms with E-state index in [4.69, 9.17) is 4.74 Å². The largest absolute Gasteiger partial charge is 0.449 e. The van der Waals surface area contributed by atoms with E-state index in [1.807, 2.05) is 0 Å². The third-order valence-electron chi connectivity index (χ3n) is 1.81. The zero-order chi connectivity index (χ0) is 11.4. The summed E-state index contributed by atoms with van der Waals surface area (Å²) in [5.74, 6) is -1.61. The quantitative estimate of drug-likeness (QED) is 0.670. The number of imide groups is 1. The summed E-state index contributed by atoms with van der Waals surface area (Å²) >= 11 is 0. The van der Waals surface area contributed by atoms with Crippen LogP contribution in [0.5, 0.6) is 0 Å². The molecule has 2 amide bonds. The van der Waals surface area contributed by atoms with Crippen molar-refractivity contribution >= 4 is 17.8 Å². The molecule has 14 heavy (non-hydrogen) atoms. The van der Waals surface area contributed by atoms with Gasteiger partial charge in [0, 0.05) is 13.8 Å². The lowest BCUT2D eigenvalue weighted by molar-refractivity contribution is -0.166. The van der Waals surface area contributed by atoms with Gasteiger partial charge in [-0.25, -0.2) is 0 Å². The van der Waals surface area contributed by atoms with E-state index < -0.39 is 23.4 Å². The summed E-state index contributed by atoms with van der Waals surface area (Å²) in [6, 6.07) is 0. The molecule has 0 aromatic rings. The van der Waals surface area contributed by atoms with Crippen molar-refractivity contribution in [1.82, 2.24) is 5.32 Å². The van der Waals surface area contributed by atoms with Gasteiger partial charge in [-0.05, 0) is 13.3 Å². The number of hydrogen-bond donors (Lipinski definition) is 1. The average Bonchev–Trinajstić information content (AvgIpc) is 2.01. The Bertz CT molecular complexity index is 262. The normalized spacial score (nSPS) is 14.0. The van der Waals surface area contributed by atoms with Crippen molar-refractivity contribution in [2.75, 3.05) is 0 Å². The maximum absolute atomic E-state index is 11.4. The SMILES string of the molecule is CCC(C)(OC(C)=O)C(=O)NC(C)=O. The van der Waals surface area contributed by atoms with Crippen LogP contribution in [-0.4, -0.2) is 23.4 Å². The molecule has 0 saturated heterocycles. The van der Waals surface area contributed by atoms with Crippen molar-refractivity contribution in [1.29, 1.82) is 0 Å². The van der Waals surface area contributed by atoms with Crippen LogP contribution in [0.1, 0.15) is 34.1 Å². The monoisotopic (exact) mass is 201 g/mol. The molecule has 5 nitrogen and oxygen atoms in total. The van der Waals surface area contributed by atoms with E-state index >= 15 is 0 Å². The second kappa shape index (κ2) is 4.74. The zero-order valence-corrected chi connectivity index (χ0v) is 8.84. The van der Waals surface area contributed by atoms with Crippen molar-refractivity contribution in [3.63, 3.8) is 0 Å². The Morgan fingerprint density at radius 1 is 1.29 bits per heavy atom. The molecule has 1 unspecified atom stereocenters. The summed E-state index contributed by atoms with van der Waals surface area (Å²) in [6.45, 7) is 5.60. The van der Waals surface area contributed by atoms with E-state index in [0.717, 1.165) is 0 Å². The van der Waals surface area contributed by atoms with Gasteiger partial charge in [-0.15, -0.1) is 0 Å². The molecule has 1 N–H and O–H groups in total. The highest BCUT2D eigenvalue weighted by Crippen LogP contribution is 2.15. The molecule has 0 aromatic carbocycles. The Morgan fingerprint density at radius 3 is 2.07 bits per heavy atom. The minimum Gasteiger partial charge on any atom is -0.449 e. The van der Waals surface area contributed by atoms with Crippen LogP contribution < -0.4 is 5.32 Å². The molecule has 0 bridgehead atoms. The van der Waals surface area contributed by atoms with Crippen LogP contribution in [0, 0.1) is 0 Å². The molecule has 0 rings (SSSR count). The molecule has 5 heteroatoms. The molecular weight excluding hydrogens is 186 g/mol. The summed E-state index contributed by atoms with van der Waals surface area (Å²) in [5, 5.41) is 2.08. The first-order valence-corrected chi connectivity index (χ1v) is 4.33. The van der Waals surface area contributed by atoms with Crippen molar-refractivity contribution in [3.8, 4) is 0 Å². The van der Waals surface area contributed by atoms with Crippen LogP contribution in [0.3, 0.4) is 0 Å². The van der Waals surface area contributed by atoms with Crippen LogP contribution in [0.4, 0.5) is 0 Å². The van der Waals surface area contributed by atoms with Gasteiger partial charge < -0.3 is 4.74 Å². The summed E-state index contributed by atoms with van der Waals surface area (Å²) in [4.78, 5) is 32.8. The van der Waals surface area contributed by atoms with Crippen LogP contribution >= 0.6 is 0 Å². The summed E-state index contributed by atoms with van der Waals surface area (Å²) in [6.07, 6.45) is 0.311. The van der Waals surface area contributed by atoms with Gasteiger partial charge in [0.15, 0.2) is 5.60 Å². The van der Waals surface area contributed by atoms with Crippen LogP contribution in [0.15, 0.2) is 0 Å². The second-order valence-electron chi connectivity index (χ2n) is 3.19. The van der Waals surface area contributed by atoms with Crippen LogP contribution in [-0.2, 0) is 19.1 Å². The summed E-state index contributed by atoms with van der Waals surface area (Å²) in [7, 11) is 0. The number of esters is 1. The van der Waals surface area contributed by atoms with Gasteiger partial charge in [0.2, 0.25) is 5.91 Å². The highest BCUT2D eigenvalue weighted by molar-refractivity contribution is 5.99. The van der Waals surface area contributed by atoms with E-state index in [1.54, 1.807) is 6.92 Å². The molecular formula is C9H15NO4. The minimum atomic E-state index is -1.27. The van der Waals surface area contributed by atoms with Crippen molar-refractivity contribution in [2.24, 2.45) is 0 Å². The van der Waals surface area contributed by atoms with Gasteiger partial charge >= 0.3 is 5.97 Å². The molecule has 0 heterocycles. The number of carbonyl (C=O) groups is 3. The Labute approximate surface area is 82.8 Å². The van der Waals surface area contributed by atoms with E-state index in [1.165, 1.54) is 20.8 Å². The zero-order valence-electron chi connectivity index (χ0n) is 8.84. The third kappa shape index (κ3) is 3.55. The standard InChI is InChI=1S/C9H15NO4/c1-5-9(4,14-7(3)12)8(13)10-6(2)11/h5H2,1-4H3,(H,10,11,13). The lowest BCUT2D eigenvalue weighted by Gasteiger charge is -2.25. The number of nitrogens with one attached hydrogen (secondary N) is 1. The summed E-state index contributed by atoms with van der Waals surface area (Å²) < 4.78 is 4.85. The average molecular weight is 201 g/mol. The number of carbonyl (C=O) groups excluding carboxylic acids is 3. The minimum absolute atomic E-state index is 0.311. The number of rotatable bonds is 3. The maximum atomic E-state index is 11.4. The fourth-order valence-electron chi connectivity index (χ4n) is 0.888. The third-order valence-corrected chi connectivity index (χ3v) is 1.81. The predicted octanol–water partition coefficient (Wildman–Crippen LogP) is 0.381. The molecule has 1 atom stereocenters. The fourth-order valence-corrected chi connectivity index (χ4v) is 0.888. The van der Waals surface area contributed by atoms with Crippen LogP contribution in [0.25, 0.3) is 0 Å². The lowest BCUT2D eigenvalue weighted by atomic mass is 10.0. The summed E-state index contributed by atoms with van der Waals surface area (Å²) in [5.41, 5.74) is -1.27. The molecule has 0 aromatic heterocycles. The first kappa shape index (κ1) is 12.6. The Hall–Kier alpha value is -1.39. The Balaban J connectivity index is 4.58. The van der Waals surface area contributed by atoms with Gasteiger partial charge in [0.05, 0.1) is 0 Å². The van der Waals surface area contributed by atoms with Crippen molar-refractivity contribution in [3.05, 3.63) is 0 Å². The maximum Gasteiger partial charge on any atom is 0.303 e. The smallest absolute Gasteiger partial charge is 0.303 e. The van der Waals surface area contributed by atoms with E-state index in [-0.39, 0.29) is 0 Å². The first-order valence-electron chi connectivity index (χ1n) is 4.33. The first-order chi connectivity index (χ1) is 6.31. The lowest BCUT2D eigenvalue weighted by Crippen LogP contribution is -2.48. The Morgan fingerprint density at radius 2 is 1.79 bits per heavy atom. The molecule has 0 saturated carbocycles.